The molecule has 1 aromatic rings. The molecule has 0 bridgehead atoms. The van der Waals surface area contributed by atoms with E-state index in [1.54, 1.807) is 0 Å². The number of aliphatic hydroxyl groups excluding tert-OH is 1. The first-order valence-corrected chi connectivity index (χ1v) is 5.62. The molecule has 0 aliphatic carbocycles. The molecule has 0 spiro atoms. The number of hydrogen-bond acceptors (Lipinski definition) is 3. The molecule has 21 heavy (non-hydrogen) atoms. The Morgan fingerprint density at radius 3 is 2.19 bits per heavy atom. The Morgan fingerprint density at radius 2 is 1.76 bits per heavy atom. The zero-order valence-electron chi connectivity index (χ0n) is 10.5. The molecule has 0 radical (unpaired) electrons. The minimum atomic E-state index is -4.70. The Hall–Kier alpha value is -1.95. The summed E-state index contributed by atoms with van der Waals surface area (Å²) in [7, 11) is 0. The number of benzene rings is 1. The fraction of sp³-hybridized carbons (Fsp3) is 0.417. The molecule has 0 unspecified atom stereocenters. The van der Waals surface area contributed by atoms with E-state index >= 15 is 0 Å². The van der Waals surface area contributed by atoms with Gasteiger partial charge in [-0.3, -0.25) is 0 Å². The second-order valence-electron chi connectivity index (χ2n) is 4.10. The number of hydrogen-bond donors (Lipinski definition) is 1. The first-order valence-electron chi connectivity index (χ1n) is 5.62. The summed E-state index contributed by atoms with van der Waals surface area (Å²) in [5.41, 5.74) is -1.97. The van der Waals surface area contributed by atoms with E-state index in [0.29, 0.717) is 17.0 Å². The van der Waals surface area contributed by atoms with Crippen molar-refractivity contribution in [3.63, 3.8) is 0 Å². The van der Waals surface area contributed by atoms with Gasteiger partial charge < -0.3 is 10.0 Å². The zero-order valence-corrected chi connectivity index (χ0v) is 10.5. The third-order valence-electron chi connectivity index (χ3n) is 2.53. The molecule has 0 fully saturated rings. The number of halogens is 6. The fourth-order valence-electron chi connectivity index (χ4n) is 1.70. The van der Waals surface area contributed by atoms with Crippen molar-refractivity contribution in [2.45, 2.75) is 12.4 Å². The van der Waals surface area contributed by atoms with Crippen LogP contribution in [0, 0.1) is 11.3 Å². The second kappa shape index (κ2) is 6.22. The molecule has 0 saturated carbocycles. The van der Waals surface area contributed by atoms with Crippen LogP contribution in [0.2, 0.25) is 0 Å². The van der Waals surface area contributed by atoms with E-state index in [-0.39, 0.29) is 5.69 Å². The van der Waals surface area contributed by atoms with Crippen molar-refractivity contribution in [2.75, 3.05) is 24.6 Å². The summed E-state index contributed by atoms with van der Waals surface area (Å²) < 4.78 is 74.8. The molecule has 9 heteroatoms. The van der Waals surface area contributed by atoms with Crippen LogP contribution in [-0.4, -0.2) is 31.0 Å². The van der Waals surface area contributed by atoms with Gasteiger partial charge in [0.2, 0.25) is 0 Å². The Bertz CT molecular complexity index is 532. The van der Waals surface area contributed by atoms with Gasteiger partial charge in [-0.2, -0.15) is 31.6 Å². The Kier molecular flexibility index (Phi) is 5.06. The van der Waals surface area contributed by atoms with Crippen molar-refractivity contribution in [3.05, 3.63) is 29.3 Å². The van der Waals surface area contributed by atoms with E-state index < -0.39 is 43.2 Å². The molecule has 0 aliphatic rings. The van der Waals surface area contributed by atoms with Crippen LogP contribution in [-0.2, 0) is 6.18 Å². The molecule has 3 nitrogen and oxygen atoms in total. The van der Waals surface area contributed by atoms with Crippen molar-refractivity contribution in [1.29, 1.82) is 5.26 Å². The largest absolute Gasteiger partial charge is 0.416 e. The van der Waals surface area contributed by atoms with Crippen molar-refractivity contribution in [1.82, 2.24) is 0 Å². The van der Waals surface area contributed by atoms with Crippen LogP contribution in [0.4, 0.5) is 32.0 Å². The summed E-state index contributed by atoms with van der Waals surface area (Å²) in [6.45, 7) is -2.57. The van der Waals surface area contributed by atoms with Gasteiger partial charge in [0, 0.05) is 6.54 Å². The molecular weight excluding hydrogens is 302 g/mol. The summed E-state index contributed by atoms with van der Waals surface area (Å²) in [6.07, 6.45) is -9.32. The van der Waals surface area contributed by atoms with Gasteiger partial charge in [-0.15, -0.1) is 0 Å². The number of nitriles is 1. The number of nitrogens with zero attached hydrogens (tertiary/aromatic N) is 2. The lowest BCUT2D eigenvalue weighted by molar-refractivity contribution is -0.137. The Morgan fingerprint density at radius 1 is 1.14 bits per heavy atom. The monoisotopic (exact) mass is 312 g/mol. The first-order chi connectivity index (χ1) is 9.58. The van der Waals surface area contributed by atoms with Crippen LogP contribution in [0.15, 0.2) is 18.2 Å². The van der Waals surface area contributed by atoms with Crippen LogP contribution in [0.25, 0.3) is 0 Å². The summed E-state index contributed by atoms with van der Waals surface area (Å²) in [5.74, 6) is 0. The van der Waals surface area contributed by atoms with Gasteiger partial charge >= 0.3 is 12.4 Å². The number of rotatable bonds is 4. The van der Waals surface area contributed by atoms with Gasteiger partial charge in [0.05, 0.1) is 23.4 Å². The van der Waals surface area contributed by atoms with Crippen LogP contribution in [0.1, 0.15) is 11.1 Å². The van der Waals surface area contributed by atoms with Crippen molar-refractivity contribution >= 4 is 5.69 Å². The first kappa shape index (κ1) is 17.1. The van der Waals surface area contributed by atoms with E-state index in [0.717, 1.165) is 6.07 Å². The SMILES string of the molecule is N#Cc1cc(C(F)(F)F)ccc1N(CCO)CC(F)(F)F. The molecule has 1 rings (SSSR count). The smallest absolute Gasteiger partial charge is 0.395 e. The van der Waals surface area contributed by atoms with Gasteiger partial charge in [-0.25, -0.2) is 0 Å². The topological polar surface area (TPSA) is 47.3 Å². The summed E-state index contributed by atoms with van der Waals surface area (Å²) in [4.78, 5) is 0.610. The molecule has 116 valence electrons. The molecule has 0 heterocycles. The van der Waals surface area contributed by atoms with E-state index in [1.165, 1.54) is 6.07 Å². The third-order valence-corrected chi connectivity index (χ3v) is 2.53. The predicted octanol–water partition coefficient (Wildman–Crippen LogP) is 2.94. The summed E-state index contributed by atoms with van der Waals surface area (Å²) >= 11 is 0. The van der Waals surface area contributed by atoms with Gasteiger partial charge in [-0.1, -0.05) is 0 Å². The highest BCUT2D eigenvalue weighted by Crippen LogP contribution is 2.33. The molecule has 0 aromatic heterocycles. The molecule has 0 aliphatic heterocycles. The van der Waals surface area contributed by atoms with Crippen molar-refractivity contribution < 1.29 is 31.4 Å². The standard InChI is InChI=1S/C12H10F6N2O/c13-11(14,15)7-20(3-4-21)10-2-1-9(12(16,17)18)5-8(10)6-19/h1-2,5,21H,3-4,7H2. The normalized spacial score (nSPS) is 12.1. The predicted molar refractivity (Wildman–Crippen MR) is 61.5 cm³/mol. The van der Waals surface area contributed by atoms with Crippen LogP contribution >= 0.6 is 0 Å². The minimum Gasteiger partial charge on any atom is -0.395 e. The second-order valence-corrected chi connectivity index (χ2v) is 4.10. The maximum absolute atomic E-state index is 12.5. The minimum absolute atomic E-state index is 0.308. The quantitative estimate of drug-likeness (QED) is 0.870. The average Bonchev–Trinajstić information content (AvgIpc) is 2.35. The van der Waals surface area contributed by atoms with E-state index in [2.05, 4.69) is 0 Å². The summed E-state index contributed by atoms with van der Waals surface area (Å²) in [6, 6.07) is 3.31. The van der Waals surface area contributed by atoms with Gasteiger partial charge in [-0.05, 0) is 18.2 Å². The lowest BCUT2D eigenvalue weighted by atomic mass is 10.1. The highest BCUT2D eigenvalue weighted by molar-refractivity contribution is 5.61. The number of aliphatic hydroxyl groups is 1. The molecule has 0 amide bonds. The average molecular weight is 312 g/mol. The van der Waals surface area contributed by atoms with Crippen molar-refractivity contribution in [3.8, 4) is 6.07 Å². The van der Waals surface area contributed by atoms with Crippen LogP contribution in [0.3, 0.4) is 0 Å². The zero-order chi connectivity index (χ0) is 16.3. The molecule has 1 aromatic carbocycles. The Labute approximate surface area is 116 Å². The third kappa shape index (κ3) is 4.82. The van der Waals surface area contributed by atoms with Crippen LogP contribution in [0.5, 0.6) is 0 Å². The number of alkyl halides is 6. The van der Waals surface area contributed by atoms with Crippen molar-refractivity contribution in [2.24, 2.45) is 0 Å². The Balaban J connectivity index is 3.23. The fourth-order valence-corrected chi connectivity index (χ4v) is 1.70. The molecular formula is C12H10F6N2O. The maximum atomic E-state index is 12.5. The van der Waals surface area contributed by atoms with Gasteiger partial charge in [0.15, 0.2) is 0 Å². The van der Waals surface area contributed by atoms with E-state index in [4.69, 9.17) is 10.4 Å². The van der Waals surface area contributed by atoms with Gasteiger partial charge in [0.25, 0.3) is 0 Å². The molecule has 0 atom stereocenters. The maximum Gasteiger partial charge on any atom is 0.416 e. The lowest BCUT2D eigenvalue weighted by Crippen LogP contribution is -2.36. The highest BCUT2D eigenvalue weighted by Gasteiger charge is 2.34. The van der Waals surface area contributed by atoms with E-state index in [1.807, 2.05) is 0 Å². The summed E-state index contributed by atoms with van der Waals surface area (Å²) in [5, 5.41) is 17.6. The molecule has 1 N–H and O–H groups in total. The lowest BCUT2D eigenvalue weighted by Gasteiger charge is -2.26. The number of anilines is 1. The van der Waals surface area contributed by atoms with Crippen LogP contribution < -0.4 is 4.90 Å². The highest BCUT2D eigenvalue weighted by atomic mass is 19.4. The van der Waals surface area contributed by atoms with Gasteiger partial charge in [0.1, 0.15) is 12.6 Å². The van der Waals surface area contributed by atoms with E-state index in [9.17, 15) is 26.3 Å². The molecule has 0 saturated heterocycles.